The van der Waals surface area contributed by atoms with Gasteiger partial charge in [-0.1, -0.05) is 11.6 Å². The standard InChI is InChI=1S/C8H6ClNO4/c1-4(11)5-2-6(9)8(10(13)14)7(12)3-5/h2-3,12H,1H3. The lowest BCUT2D eigenvalue weighted by atomic mass is 10.1. The van der Waals surface area contributed by atoms with Gasteiger partial charge in [0.2, 0.25) is 0 Å². The highest BCUT2D eigenvalue weighted by Gasteiger charge is 2.20. The van der Waals surface area contributed by atoms with Crippen molar-refractivity contribution in [1.29, 1.82) is 0 Å². The highest BCUT2D eigenvalue weighted by atomic mass is 35.5. The first kappa shape index (κ1) is 10.5. The van der Waals surface area contributed by atoms with Gasteiger partial charge in [0.05, 0.1) is 4.92 Å². The van der Waals surface area contributed by atoms with Gasteiger partial charge in [0, 0.05) is 5.56 Å². The number of ketones is 1. The first-order valence-electron chi connectivity index (χ1n) is 3.61. The third-order valence-corrected chi connectivity index (χ3v) is 1.92. The van der Waals surface area contributed by atoms with Gasteiger partial charge in [0.25, 0.3) is 0 Å². The SMILES string of the molecule is CC(=O)c1cc(O)c([N+](=O)[O-])c(Cl)c1. The van der Waals surface area contributed by atoms with Crippen molar-refractivity contribution in [1.82, 2.24) is 0 Å². The van der Waals surface area contributed by atoms with Crippen molar-refractivity contribution in [2.75, 3.05) is 0 Å². The molecule has 0 aliphatic rings. The molecule has 0 spiro atoms. The van der Waals surface area contributed by atoms with E-state index in [-0.39, 0.29) is 16.4 Å². The highest BCUT2D eigenvalue weighted by Crippen LogP contribution is 2.34. The van der Waals surface area contributed by atoms with Gasteiger partial charge in [0.15, 0.2) is 11.5 Å². The van der Waals surface area contributed by atoms with E-state index in [1.165, 1.54) is 6.92 Å². The second-order valence-corrected chi connectivity index (χ2v) is 3.05. The molecule has 0 saturated heterocycles. The number of phenols is 1. The summed E-state index contributed by atoms with van der Waals surface area (Å²) in [5.74, 6) is -0.926. The maximum Gasteiger partial charge on any atom is 0.329 e. The van der Waals surface area contributed by atoms with Gasteiger partial charge in [0.1, 0.15) is 5.02 Å². The van der Waals surface area contributed by atoms with Crippen molar-refractivity contribution in [2.24, 2.45) is 0 Å². The topological polar surface area (TPSA) is 80.4 Å². The first-order valence-corrected chi connectivity index (χ1v) is 3.99. The third-order valence-electron chi connectivity index (χ3n) is 1.63. The summed E-state index contributed by atoms with van der Waals surface area (Å²) in [6.07, 6.45) is 0. The summed E-state index contributed by atoms with van der Waals surface area (Å²) in [6, 6.07) is 2.17. The van der Waals surface area contributed by atoms with Crippen molar-refractivity contribution < 1.29 is 14.8 Å². The number of nitro groups is 1. The van der Waals surface area contributed by atoms with E-state index >= 15 is 0 Å². The number of hydrogen-bond donors (Lipinski definition) is 1. The molecule has 0 aliphatic carbocycles. The van der Waals surface area contributed by atoms with Crippen LogP contribution in [0, 0.1) is 10.1 Å². The van der Waals surface area contributed by atoms with Crippen LogP contribution >= 0.6 is 11.6 Å². The Balaban J connectivity index is 3.39. The normalized spacial score (nSPS) is 9.86. The molecule has 0 aliphatic heterocycles. The second kappa shape index (κ2) is 3.63. The van der Waals surface area contributed by atoms with Crippen molar-refractivity contribution in [3.05, 3.63) is 32.8 Å². The largest absolute Gasteiger partial charge is 0.502 e. The van der Waals surface area contributed by atoms with Crippen molar-refractivity contribution in [2.45, 2.75) is 6.92 Å². The number of nitro benzene ring substituents is 1. The van der Waals surface area contributed by atoms with Gasteiger partial charge >= 0.3 is 5.69 Å². The summed E-state index contributed by atoms with van der Waals surface area (Å²) in [6.45, 7) is 1.27. The molecule has 0 heterocycles. The molecule has 0 unspecified atom stereocenters. The Morgan fingerprint density at radius 1 is 1.57 bits per heavy atom. The Hall–Kier alpha value is -1.62. The van der Waals surface area contributed by atoms with Crippen molar-refractivity contribution >= 4 is 23.1 Å². The number of phenolic OH excluding ortho intramolecular Hbond substituents is 1. The summed E-state index contributed by atoms with van der Waals surface area (Å²) < 4.78 is 0. The van der Waals surface area contributed by atoms with E-state index in [9.17, 15) is 20.0 Å². The number of aromatic hydroxyl groups is 1. The van der Waals surface area contributed by atoms with Crippen LogP contribution in [0.15, 0.2) is 12.1 Å². The molecular weight excluding hydrogens is 210 g/mol. The van der Waals surface area contributed by atoms with E-state index in [0.717, 1.165) is 12.1 Å². The first-order chi connectivity index (χ1) is 6.43. The Kier molecular flexibility index (Phi) is 2.71. The lowest BCUT2D eigenvalue weighted by molar-refractivity contribution is -0.385. The maximum absolute atomic E-state index is 10.9. The predicted molar refractivity (Wildman–Crippen MR) is 49.8 cm³/mol. The van der Waals surface area contributed by atoms with Crippen LogP contribution < -0.4 is 0 Å². The van der Waals surface area contributed by atoms with Crippen LogP contribution in [0.1, 0.15) is 17.3 Å². The number of benzene rings is 1. The summed E-state index contributed by atoms with van der Waals surface area (Å²) in [7, 11) is 0. The molecule has 74 valence electrons. The van der Waals surface area contributed by atoms with Gasteiger partial charge in [-0.25, -0.2) is 0 Å². The highest BCUT2D eigenvalue weighted by molar-refractivity contribution is 6.33. The quantitative estimate of drug-likeness (QED) is 0.466. The molecule has 0 fully saturated rings. The monoisotopic (exact) mass is 215 g/mol. The fourth-order valence-corrected chi connectivity index (χ4v) is 1.25. The molecule has 5 nitrogen and oxygen atoms in total. The molecule has 0 bridgehead atoms. The predicted octanol–water partition coefficient (Wildman–Crippen LogP) is 2.16. The average molecular weight is 216 g/mol. The van der Waals surface area contributed by atoms with Crippen molar-refractivity contribution in [3.8, 4) is 5.75 Å². The Labute approximate surface area is 84.1 Å². The molecule has 14 heavy (non-hydrogen) atoms. The maximum atomic E-state index is 10.9. The Morgan fingerprint density at radius 3 is 2.50 bits per heavy atom. The number of carbonyl (C=O) groups excluding carboxylic acids is 1. The van der Waals surface area contributed by atoms with E-state index in [0.29, 0.717) is 0 Å². The van der Waals surface area contributed by atoms with E-state index in [1.54, 1.807) is 0 Å². The third kappa shape index (κ3) is 1.82. The van der Waals surface area contributed by atoms with Crippen molar-refractivity contribution in [3.63, 3.8) is 0 Å². The average Bonchev–Trinajstić information content (AvgIpc) is 2.01. The number of hydrogen-bond acceptors (Lipinski definition) is 4. The minimum atomic E-state index is -0.804. The molecule has 1 aromatic carbocycles. The zero-order valence-corrected chi connectivity index (χ0v) is 7.91. The summed E-state index contributed by atoms with van der Waals surface area (Å²) in [5.41, 5.74) is -0.449. The molecule has 1 rings (SSSR count). The van der Waals surface area contributed by atoms with E-state index in [2.05, 4.69) is 0 Å². The molecular formula is C8H6ClNO4. The molecule has 0 saturated carbocycles. The van der Waals surface area contributed by atoms with Crippen LogP contribution in [0.5, 0.6) is 5.75 Å². The van der Waals surface area contributed by atoms with Gasteiger partial charge in [-0.05, 0) is 19.1 Å². The fraction of sp³-hybridized carbons (Fsp3) is 0.125. The molecule has 1 N–H and O–H groups in total. The minimum Gasteiger partial charge on any atom is -0.502 e. The van der Waals surface area contributed by atoms with Crippen LogP contribution in [0.4, 0.5) is 5.69 Å². The fourth-order valence-electron chi connectivity index (χ4n) is 0.969. The number of Topliss-reactive ketones (excluding diaryl/α,β-unsaturated/α-hetero) is 1. The Morgan fingerprint density at radius 2 is 2.14 bits per heavy atom. The number of carbonyl (C=O) groups is 1. The number of nitrogens with zero attached hydrogens (tertiary/aromatic N) is 1. The molecule has 0 amide bonds. The summed E-state index contributed by atoms with van der Waals surface area (Å²) in [5, 5.41) is 19.4. The number of halogens is 1. The lowest BCUT2D eigenvalue weighted by Crippen LogP contribution is -1.95. The minimum absolute atomic E-state index is 0.137. The zero-order chi connectivity index (χ0) is 10.9. The van der Waals surface area contributed by atoms with Gasteiger partial charge in [-0.3, -0.25) is 14.9 Å². The summed E-state index contributed by atoms with van der Waals surface area (Å²) >= 11 is 5.52. The van der Waals surface area contributed by atoms with Crippen LogP contribution in [0.3, 0.4) is 0 Å². The van der Waals surface area contributed by atoms with Gasteiger partial charge < -0.3 is 5.11 Å². The van der Waals surface area contributed by atoms with Crippen LogP contribution in [-0.2, 0) is 0 Å². The van der Waals surface area contributed by atoms with Crippen LogP contribution in [0.25, 0.3) is 0 Å². The van der Waals surface area contributed by atoms with Crippen LogP contribution in [0.2, 0.25) is 5.02 Å². The molecule has 0 radical (unpaired) electrons. The van der Waals surface area contributed by atoms with E-state index < -0.39 is 16.4 Å². The van der Waals surface area contributed by atoms with E-state index in [4.69, 9.17) is 11.6 Å². The molecule has 1 aromatic rings. The molecule has 0 atom stereocenters. The van der Waals surface area contributed by atoms with Gasteiger partial charge in [-0.15, -0.1) is 0 Å². The Bertz CT molecular complexity index is 393. The summed E-state index contributed by atoms with van der Waals surface area (Å²) in [4.78, 5) is 20.5. The smallest absolute Gasteiger partial charge is 0.329 e. The number of rotatable bonds is 2. The second-order valence-electron chi connectivity index (χ2n) is 2.64. The van der Waals surface area contributed by atoms with E-state index in [1.807, 2.05) is 0 Å². The zero-order valence-electron chi connectivity index (χ0n) is 7.15. The molecule has 0 aromatic heterocycles. The van der Waals surface area contributed by atoms with Gasteiger partial charge in [-0.2, -0.15) is 0 Å². The van der Waals surface area contributed by atoms with Crippen LogP contribution in [-0.4, -0.2) is 15.8 Å². The molecule has 6 heteroatoms. The lowest BCUT2D eigenvalue weighted by Gasteiger charge is -2.00.